The predicted molar refractivity (Wildman–Crippen MR) is 85.9 cm³/mol. The molecule has 1 heterocycles. The molecule has 0 bridgehead atoms. The first-order valence-electron chi connectivity index (χ1n) is 7.57. The Labute approximate surface area is 132 Å². The molecule has 1 aliphatic heterocycles. The normalized spacial score (nSPS) is 16.5. The first-order chi connectivity index (χ1) is 10.5. The van der Waals surface area contributed by atoms with Gasteiger partial charge >= 0.3 is 6.03 Å². The Balaban J connectivity index is 1.80. The molecule has 1 saturated heterocycles. The predicted octanol–water partition coefficient (Wildman–Crippen LogP) is 1.25. The van der Waals surface area contributed by atoms with Crippen LogP contribution in [-0.4, -0.2) is 55.6 Å². The fourth-order valence-electron chi connectivity index (χ4n) is 2.44. The van der Waals surface area contributed by atoms with E-state index in [1.807, 2.05) is 37.3 Å². The van der Waals surface area contributed by atoms with Crippen molar-refractivity contribution in [3.05, 3.63) is 35.9 Å². The number of carbonyl (C=O) groups is 1. The highest BCUT2D eigenvalue weighted by molar-refractivity contribution is 7.89. The quantitative estimate of drug-likeness (QED) is 0.886. The third kappa shape index (κ3) is 4.45. The van der Waals surface area contributed by atoms with E-state index in [1.54, 1.807) is 4.90 Å². The number of nitrogens with zero attached hydrogens (tertiary/aromatic N) is 2. The highest BCUT2D eigenvalue weighted by atomic mass is 32.2. The van der Waals surface area contributed by atoms with Crippen LogP contribution in [0.25, 0.3) is 0 Å². The van der Waals surface area contributed by atoms with Crippen molar-refractivity contribution in [1.29, 1.82) is 0 Å². The van der Waals surface area contributed by atoms with Crippen LogP contribution < -0.4 is 5.32 Å². The molecular weight excluding hydrogens is 302 g/mol. The molecule has 0 atom stereocenters. The van der Waals surface area contributed by atoms with Crippen LogP contribution in [-0.2, 0) is 16.6 Å². The number of nitrogens with one attached hydrogen (secondary N) is 1. The van der Waals surface area contributed by atoms with Gasteiger partial charge in [-0.05, 0) is 12.0 Å². The molecule has 2 amide bonds. The van der Waals surface area contributed by atoms with Gasteiger partial charge in [-0.2, -0.15) is 4.31 Å². The number of hydrogen-bond acceptors (Lipinski definition) is 3. The van der Waals surface area contributed by atoms with Crippen LogP contribution in [0.5, 0.6) is 0 Å². The summed E-state index contributed by atoms with van der Waals surface area (Å²) in [4.78, 5) is 13.8. The molecule has 7 heteroatoms. The molecule has 122 valence electrons. The van der Waals surface area contributed by atoms with Gasteiger partial charge in [-0.1, -0.05) is 37.3 Å². The van der Waals surface area contributed by atoms with Crippen LogP contribution in [0.1, 0.15) is 18.9 Å². The largest absolute Gasteiger partial charge is 0.334 e. The number of hydrogen-bond donors (Lipinski definition) is 1. The van der Waals surface area contributed by atoms with Crippen molar-refractivity contribution in [2.45, 2.75) is 19.9 Å². The summed E-state index contributed by atoms with van der Waals surface area (Å²) >= 11 is 0. The van der Waals surface area contributed by atoms with Gasteiger partial charge in [0.15, 0.2) is 0 Å². The standard InChI is InChI=1S/C15H23N3O3S/c1-2-12-22(20,21)18-10-8-17(9-11-18)15(19)16-13-14-6-4-3-5-7-14/h3-7H,2,8-13H2,1H3,(H,16,19). The van der Waals surface area contributed by atoms with Gasteiger partial charge in [0.25, 0.3) is 0 Å². The van der Waals surface area contributed by atoms with Gasteiger partial charge in [0.05, 0.1) is 5.75 Å². The van der Waals surface area contributed by atoms with Gasteiger partial charge in [0.2, 0.25) is 10.0 Å². The molecule has 0 radical (unpaired) electrons. The number of urea groups is 1. The lowest BCUT2D eigenvalue weighted by atomic mass is 10.2. The van der Waals surface area contributed by atoms with Crippen molar-refractivity contribution in [2.24, 2.45) is 0 Å². The zero-order valence-electron chi connectivity index (χ0n) is 12.9. The third-order valence-electron chi connectivity index (χ3n) is 3.67. The van der Waals surface area contributed by atoms with E-state index in [0.29, 0.717) is 39.1 Å². The topological polar surface area (TPSA) is 69.7 Å². The van der Waals surface area contributed by atoms with Crippen LogP contribution >= 0.6 is 0 Å². The molecule has 22 heavy (non-hydrogen) atoms. The van der Waals surface area contributed by atoms with E-state index >= 15 is 0 Å². The molecule has 0 spiro atoms. The Morgan fingerprint density at radius 3 is 2.36 bits per heavy atom. The molecule has 6 nitrogen and oxygen atoms in total. The molecule has 0 unspecified atom stereocenters. The first kappa shape index (κ1) is 16.8. The van der Waals surface area contributed by atoms with Gasteiger partial charge < -0.3 is 10.2 Å². The van der Waals surface area contributed by atoms with Crippen molar-refractivity contribution in [2.75, 3.05) is 31.9 Å². The summed E-state index contributed by atoms with van der Waals surface area (Å²) in [5.41, 5.74) is 1.04. The number of carbonyl (C=O) groups excluding carboxylic acids is 1. The van der Waals surface area contributed by atoms with Gasteiger partial charge in [0, 0.05) is 32.7 Å². The minimum absolute atomic E-state index is 0.142. The fourth-order valence-corrected chi connectivity index (χ4v) is 3.94. The molecule has 0 saturated carbocycles. The molecule has 0 aromatic heterocycles. The van der Waals surface area contributed by atoms with Crippen LogP contribution in [0.3, 0.4) is 0 Å². The van der Waals surface area contributed by atoms with Crippen molar-refractivity contribution in [3.63, 3.8) is 0 Å². The summed E-state index contributed by atoms with van der Waals surface area (Å²) < 4.78 is 25.4. The van der Waals surface area contributed by atoms with E-state index < -0.39 is 10.0 Å². The second kappa shape index (κ2) is 7.60. The molecule has 1 fully saturated rings. The number of benzene rings is 1. The maximum absolute atomic E-state index is 12.1. The molecular formula is C15H23N3O3S. The lowest BCUT2D eigenvalue weighted by Crippen LogP contribution is -2.53. The zero-order valence-corrected chi connectivity index (χ0v) is 13.7. The summed E-state index contributed by atoms with van der Waals surface area (Å²) in [5.74, 6) is 0.174. The summed E-state index contributed by atoms with van der Waals surface area (Å²) in [6, 6.07) is 9.56. The van der Waals surface area contributed by atoms with Crippen molar-refractivity contribution >= 4 is 16.1 Å². The van der Waals surface area contributed by atoms with Crippen LogP contribution in [0, 0.1) is 0 Å². The van der Waals surface area contributed by atoms with Gasteiger partial charge in [-0.15, -0.1) is 0 Å². The first-order valence-corrected chi connectivity index (χ1v) is 9.18. The average molecular weight is 325 g/mol. The zero-order chi connectivity index (χ0) is 16.0. The minimum Gasteiger partial charge on any atom is -0.334 e. The van der Waals surface area contributed by atoms with Crippen LogP contribution in [0.4, 0.5) is 4.79 Å². The molecule has 1 aliphatic rings. The fraction of sp³-hybridized carbons (Fsp3) is 0.533. The highest BCUT2D eigenvalue weighted by Crippen LogP contribution is 2.09. The van der Waals surface area contributed by atoms with Gasteiger partial charge in [0.1, 0.15) is 0 Å². The second-order valence-electron chi connectivity index (χ2n) is 5.35. The maximum atomic E-state index is 12.1. The van der Waals surface area contributed by atoms with E-state index in [0.717, 1.165) is 5.56 Å². The lowest BCUT2D eigenvalue weighted by Gasteiger charge is -2.34. The SMILES string of the molecule is CCCS(=O)(=O)N1CCN(C(=O)NCc2ccccc2)CC1. The van der Waals surface area contributed by atoms with E-state index in [1.165, 1.54) is 4.31 Å². The monoisotopic (exact) mass is 325 g/mol. The molecule has 1 aromatic carbocycles. The Hall–Kier alpha value is -1.60. The van der Waals surface area contributed by atoms with Crippen LogP contribution in [0.2, 0.25) is 0 Å². The lowest BCUT2D eigenvalue weighted by molar-refractivity contribution is 0.172. The van der Waals surface area contributed by atoms with E-state index in [2.05, 4.69) is 5.32 Å². The molecule has 1 N–H and O–H groups in total. The smallest absolute Gasteiger partial charge is 0.317 e. The Kier molecular flexibility index (Phi) is 5.79. The summed E-state index contributed by atoms with van der Waals surface area (Å²) in [5, 5.41) is 2.87. The van der Waals surface area contributed by atoms with E-state index in [4.69, 9.17) is 0 Å². The van der Waals surface area contributed by atoms with Gasteiger partial charge in [-0.25, -0.2) is 13.2 Å². The summed E-state index contributed by atoms with van der Waals surface area (Å²) in [6.45, 7) is 3.95. The number of piperazine rings is 1. The van der Waals surface area contributed by atoms with Crippen molar-refractivity contribution in [1.82, 2.24) is 14.5 Å². The van der Waals surface area contributed by atoms with E-state index in [9.17, 15) is 13.2 Å². The summed E-state index contributed by atoms with van der Waals surface area (Å²) in [7, 11) is -3.16. The number of sulfonamides is 1. The molecule has 1 aromatic rings. The number of amides is 2. The maximum Gasteiger partial charge on any atom is 0.317 e. The third-order valence-corrected chi connectivity index (χ3v) is 5.74. The second-order valence-corrected chi connectivity index (χ2v) is 7.43. The molecule has 2 rings (SSSR count). The van der Waals surface area contributed by atoms with E-state index in [-0.39, 0.29) is 11.8 Å². The minimum atomic E-state index is -3.16. The summed E-state index contributed by atoms with van der Waals surface area (Å²) in [6.07, 6.45) is 0.611. The number of rotatable bonds is 5. The Morgan fingerprint density at radius 2 is 1.77 bits per heavy atom. The van der Waals surface area contributed by atoms with Crippen molar-refractivity contribution < 1.29 is 13.2 Å². The van der Waals surface area contributed by atoms with Crippen LogP contribution in [0.15, 0.2) is 30.3 Å². The van der Waals surface area contributed by atoms with Gasteiger partial charge in [-0.3, -0.25) is 0 Å². The average Bonchev–Trinajstić information content (AvgIpc) is 2.54. The Morgan fingerprint density at radius 1 is 1.14 bits per heavy atom. The molecule has 0 aliphatic carbocycles. The highest BCUT2D eigenvalue weighted by Gasteiger charge is 2.27. The Bertz CT molecular complexity index is 581. The van der Waals surface area contributed by atoms with Crippen molar-refractivity contribution in [3.8, 4) is 0 Å².